The van der Waals surface area contributed by atoms with Crippen LogP contribution < -0.4 is 5.32 Å². The van der Waals surface area contributed by atoms with Gasteiger partial charge < -0.3 is 10.2 Å². The van der Waals surface area contributed by atoms with E-state index < -0.39 is 24.7 Å². The van der Waals surface area contributed by atoms with Gasteiger partial charge in [0.2, 0.25) is 0 Å². The molecule has 4 nitrogen and oxygen atoms in total. The van der Waals surface area contributed by atoms with E-state index in [1.165, 1.54) is 19.9 Å². The van der Waals surface area contributed by atoms with E-state index >= 15 is 0 Å². The lowest BCUT2D eigenvalue weighted by atomic mass is 10.2. The first-order valence-corrected chi connectivity index (χ1v) is 6.81. The minimum absolute atomic E-state index is 0.0227. The molecule has 0 aromatic carbocycles. The number of nitrogens with one attached hydrogen (secondary N) is 1. The van der Waals surface area contributed by atoms with Gasteiger partial charge in [-0.2, -0.15) is 13.2 Å². The number of hydrogen-bond acceptors (Lipinski definition) is 3. The van der Waals surface area contributed by atoms with E-state index in [2.05, 4.69) is 10.3 Å². The summed E-state index contributed by atoms with van der Waals surface area (Å²) in [5.74, 6) is -0.451. The molecule has 0 atom stereocenters. The molecule has 0 fully saturated rings. The first kappa shape index (κ1) is 17.6. The van der Waals surface area contributed by atoms with Gasteiger partial charge in [0.25, 0.3) is 5.91 Å². The first-order valence-electron chi connectivity index (χ1n) is 6.43. The maximum Gasteiger partial charge on any atom is 0.406 e. The Labute approximate surface area is 126 Å². The van der Waals surface area contributed by atoms with Crippen LogP contribution in [0, 0.1) is 0 Å². The molecule has 0 bridgehead atoms. The monoisotopic (exact) mass is 323 g/mol. The number of halogens is 4. The van der Waals surface area contributed by atoms with Gasteiger partial charge in [-0.05, 0) is 32.9 Å². The van der Waals surface area contributed by atoms with Gasteiger partial charge in [0, 0.05) is 12.6 Å². The number of amides is 1. The molecule has 0 saturated carbocycles. The highest BCUT2D eigenvalue weighted by Crippen LogP contribution is 2.23. The lowest BCUT2D eigenvalue weighted by Gasteiger charge is -2.27. The molecule has 0 aliphatic heterocycles. The van der Waals surface area contributed by atoms with Crippen molar-refractivity contribution < 1.29 is 18.0 Å². The van der Waals surface area contributed by atoms with Gasteiger partial charge in [0.1, 0.15) is 18.1 Å². The third-order valence-corrected chi connectivity index (χ3v) is 2.95. The summed E-state index contributed by atoms with van der Waals surface area (Å²) in [5.41, 5.74) is -0.187. The predicted octanol–water partition coefficient (Wildman–Crippen LogP) is 3.58. The van der Waals surface area contributed by atoms with Crippen molar-refractivity contribution >= 4 is 23.3 Å². The molecule has 1 rings (SSSR count). The zero-order chi connectivity index (χ0) is 16.2. The highest BCUT2D eigenvalue weighted by Gasteiger charge is 2.35. The Morgan fingerprint density at radius 2 is 2.05 bits per heavy atom. The van der Waals surface area contributed by atoms with Crippen LogP contribution in [0.5, 0.6) is 0 Å². The van der Waals surface area contributed by atoms with E-state index in [9.17, 15) is 18.0 Å². The Morgan fingerprint density at radius 3 is 2.52 bits per heavy atom. The highest BCUT2D eigenvalue weighted by molar-refractivity contribution is 6.33. The van der Waals surface area contributed by atoms with Crippen LogP contribution in [0.3, 0.4) is 0 Å². The predicted molar refractivity (Wildman–Crippen MR) is 75.6 cm³/mol. The number of anilines is 1. The number of carbonyl (C=O) groups excluding carboxylic acids is 1. The number of hydrogen-bond donors (Lipinski definition) is 1. The van der Waals surface area contributed by atoms with Crippen LogP contribution in [0.15, 0.2) is 12.1 Å². The summed E-state index contributed by atoms with van der Waals surface area (Å²) in [5, 5.41) is 2.91. The molecule has 0 aliphatic rings. The molecule has 0 saturated heterocycles. The maximum atomic E-state index is 12.6. The third-order valence-electron chi connectivity index (χ3n) is 2.64. The lowest BCUT2D eigenvalue weighted by molar-refractivity contribution is -0.143. The van der Waals surface area contributed by atoms with Crippen molar-refractivity contribution in [3.05, 3.63) is 22.8 Å². The second kappa shape index (κ2) is 6.98. The molecule has 0 radical (unpaired) electrons. The summed E-state index contributed by atoms with van der Waals surface area (Å²) < 4.78 is 37.7. The van der Waals surface area contributed by atoms with Crippen LogP contribution in [0.4, 0.5) is 19.0 Å². The van der Waals surface area contributed by atoms with Crippen LogP contribution in [0.25, 0.3) is 0 Å². The minimum atomic E-state index is -4.48. The van der Waals surface area contributed by atoms with E-state index in [4.69, 9.17) is 11.6 Å². The van der Waals surface area contributed by atoms with Crippen molar-refractivity contribution in [2.24, 2.45) is 0 Å². The summed E-state index contributed by atoms with van der Waals surface area (Å²) in [6.07, 6.45) is -4.48. The average Bonchev–Trinajstić information content (AvgIpc) is 2.36. The van der Waals surface area contributed by atoms with E-state index in [-0.39, 0.29) is 10.7 Å². The minimum Gasteiger partial charge on any atom is -0.370 e. The van der Waals surface area contributed by atoms with Crippen LogP contribution in [0.1, 0.15) is 31.3 Å². The van der Waals surface area contributed by atoms with Crippen LogP contribution in [-0.2, 0) is 0 Å². The Bertz CT molecular complexity index is 506. The van der Waals surface area contributed by atoms with Gasteiger partial charge in [-0.3, -0.25) is 4.79 Å². The fourth-order valence-corrected chi connectivity index (χ4v) is 1.88. The van der Waals surface area contributed by atoms with E-state index in [1.54, 1.807) is 6.07 Å². The van der Waals surface area contributed by atoms with Gasteiger partial charge in [-0.15, -0.1) is 0 Å². The van der Waals surface area contributed by atoms with Crippen molar-refractivity contribution in [2.45, 2.75) is 33.0 Å². The summed E-state index contributed by atoms with van der Waals surface area (Å²) in [7, 11) is 0. The molecular weight excluding hydrogens is 307 g/mol. The van der Waals surface area contributed by atoms with Gasteiger partial charge in [0.05, 0.1) is 5.02 Å². The van der Waals surface area contributed by atoms with E-state index in [0.29, 0.717) is 17.3 Å². The molecule has 21 heavy (non-hydrogen) atoms. The molecular formula is C13H17ClF3N3O. The maximum absolute atomic E-state index is 12.6. The normalized spacial score (nSPS) is 11.6. The number of rotatable bonds is 5. The fourth-order valence-electron chi connectivity index (χ4n) is 1.69. The lowest BCUT2D eigenvalue weighted by Crippen LogP contribution is -2.43. The Kier molecular flexibility index (Phi) is 5.83. The van der Waals surface area contributed by atoms with Gasteiger partial charge in [0.15, 0.2) is 0 Å². The summed E-state index contributed by atoms with van der Waals surface area (Å²) in [4.78, 5) is 17.0. The molecule has 118 valence electrons. The number of nitrogens with zero attached hydrogens (tertiary/aromatic N) is 2. The molecule has 8 heteroatoms. The van der Waals surface area contributed by atoms with Gasteiger partial charge >= 0.3 is 6.18 Å². The molecule has 1 amide bonds. The van der Waals surface area contributed by atoms with E-state index in [1.807, 2.05) is 6.92 Å². The average molecular weight is 324 g/mol. The van der Waals surface area contributed by atoms with Crippen LogP contribution >= 0.6 is 11.6 Å². The number of carbonyl (C=O) groups is 1. The van der Waals surface area contributed by atoms with Crippen LogP contribution in [-0.4, -0.2) is 41.1 Å². The Balaban J connectivity index is 3.11. The largest absolute Gasteiger partial charge is 0.406 e. The van der Waals surface area contributed by atoms with Crippen molar-refractivity contribution in [3.63, 3.8) is 0 Å². The highest BCUT2D eigenvalue weighted by atomic mass is 35.5. The zero-order valence-electron chi connectivity index (χ0n) is 12.0. The topological polar surface area (TPSA) is 45.2 Å². The van der Waals surface area contributed by atoms with Gasteiger partial charge in [-0.25, -0.2) is 4.98 Å². The standard InChI is InChI=1S/C13H17ClF3N3O/c1-4-18-10-6-5-9(14)11(19-10)12(21)20(8(2)3)7-13(15,16)17/h5-6,8H,4,7H2,1-3H3,(H,18,19). The summed E-state index contributed by atoms with van der Waals surface area (Å²) in [6, 6.07) is 2.37. The second-order valence-electron chi connectivity index (χ2n) is 4.70. The smallest absolute Gasteiger partial charge is 0.370 e. The SMILES string of the molecule is CCNc1ccc(Cl)c(C(=O)N(CC(F)(F)F)C(C)C)n1. The van der Waals surface area contributed by atoms with Crippen molar-refractivity contribution in [2.75, 3.05) is 18.4 Å². The number of pyridine rings is 1. The van der Waals surface area contributed by atoms with Gasteiger partial charge in [-0.1, -0.05) is 11.6 Å². The number of aromatic nitrogens is 1. The molecule has 0 spiro atoms. The Hall–Kier alpha value is -1.50. The molecule has 0 aliphatic carbocycles. The molecule has 0 unspecified atom stereocenters. The van der Waals surface area contributed by atoms with Crippen molar-refractivity contribution in [3.8, 4) is 0 Å². The van der Waals surface area contributed by atoms with Crippen molar-refractivity contribution in [1.82, 2.24) is 9.88 Å². The third kappa shape index (κ3) is 5.08. The summed E-state index contributed by atoms with van der Waals surface area (Å²) >= 11 is 5.89. The second-order valence-corrected chi connectivity index (χ2v) is 5.11. The molecule has 1 heterocycles. The van der Waals surface area contributed by atoms with E-state index in [0.717, 1.165) is 0 Å². The quantitative estimate of drug-likeness (QED) is 0.901. The molecule has 1 aromatic heterocycles. The number of alkyl halides is 3. The fraction of sp³-hybridized carbons (Fsp3) is 0.538. The summed E-state index contributed by atoms with van der Waals surface area (Å²) in [6.45, 7) is 4.07. The van der Waals surface area contributed by atoms with Crippen LogP contribution in [0.2, 0.25) is 5.02 Å². The molecule has 1 aromatic rings. The zero-order valence-corrected chi connectivity index (χ0v) is 12.7. The van der Waals surface area contributed by atoms with Crippen molar-refractivity contribution in [1.29, 1.82) is 0 Å². The Morgan fingerprint density at radius 1 is 1.43 bits per heavy atom. The molecule has 1 N–H and O–H groups in total. The first-order chi connectivity index (χ1) is 9.65.